The minimum absolute atomic E-state index is 0.156. The van der Waals surface area contributed by atoms with Crippen LogP contribution in [0.4, 0.5) is 5.13 Å². The lowest BCUT2D eigenvalue weighted by Crippen LogP contribution is -2.35. The van der Waals surface area contributed by atoms with Crippen LogP contribution < -0.4 is 5.32 Å². The summed E-state index contributed by atoms with van der Waals surface area (Å²) in [5, 5.41) is 12.2. The van der Waals surface area contributed by atoms with E-state index in [1.54, 1.807) is 12.1 Å². The van der Waals surface area contributed by atoms with E-state index in [2.05, 4.69) is 15.5 Å². The van der Waals surface area contributed by atoms with E-state index in [9.17, 15) is 13.2 Å². The van der Waals surface area contributed by atoms with Gasteiger partial charge >= 0.3 is 0 Å². The molecule has 26 heavy (non-hydrogen) atoms. The van der Waals surface area contributed by atoms with E-state index in [1.807, 2.05) is 0 Å². The smallest absolute Gasteiger partial charge is 0.257 e. The lowest BCUT2D eigenvalue weighted by molar-refractivity contribution is 0.102. The van der Waals surface area contributed by atoms with Gasteiger partial charge in [0.05, 0.1) is 4.90 Å². The molecule has 1 aliphatic carbocycles. The van der Waals surface area contributed by atoms with Gasteiger partial charge in [-0.1, -0.05) is 23.8 Å². The van der Waals surface area contributed by atoms with Crippen molar-refractivity contribution in [2.45, 2.75) is 42.9 Å². The number of rotatable bonds is 5. The number of hydrogen-bond acceptors (Lipinski definition) is 6. The molecular formula is C17H20N4O3S2. The Morgan fingerprint density at radius 1 is 1.15 bits per heavy atom. The number of piperidine rings is 1. The maximum Gasteiger partial charge on any atom is 0.257 e. The second kappa shape index (κ2) is 7.05. The molecule has 1 aromatic heterocycles. The molecule has 0 atom stereocenters. The molecule has 1 saturated carbocycles. The number of nitrogens with zero attached hydrogens (tertiary/aromatic N) is 3. The van der Waals surface area contributed by atoms with Crippen LogP contribution in [0.2, 0.25) is 0 Å². The molecule has 0 radical (unpaired) electrons. The summed E-state index contributed by atoms with van der Waals surface area (Å²) < 4.78 is 27.1. The van der Waals surface area contributed by atoms with Gasteiger partial charge in [-0.3, -0.25) is 10.1 Å². The lowest BCUT2D eigenvalue weighted by Gasteiger charge is -2.26. The van der Waals surface area contributed by atoms with Crippen molar-refractivity contribution in [1.82, 2.24) is 14.5 Å². The second-order valence-corrected chi connectivity index (χ2v) is 9.61. The van der Waals surface area contributed by atoms with E-state index in [0.29, 0.717) is 29.7 Å². The van der Waals surface area contributed by atoms with Gasteiger partial charge in [-0.05, 0) is 43.9 Å². The summed E-state index contributed by atoms with van der Waals surface area (Å²) in [7, 11) is -3.56. The number of amides is 1. The van der Waals surface area contributed by atoms with Gasteiger partial charge in [0.15, 0.2) is 0 Å². The summed E-state index contributed by atoms with van der Waals surface area (Å²) in [5.74, 6) is 0.107. The number of anilines is 1. The minimum Gasteiger partial charge on any atom is -0.296 e. The highest BCUT2D eigenvalue weighted by molar-refractivity contribution is 7.89. The van der Waals surface area contributed by atoms with E-state index < -0.39 is 10.0 Å². The molecule has 9 heteroatoms. The fraction of sp³-hybridized carbons (Fsp3) is 0.471. The van der Waals surface area contributed by atoms with E-state index in [4.69, 9.17) is 0 Å². The summed E-state index contributed by atoms with van der Waals surface area (Å²) in [4.78, 5) is 12.6. The largest absolute Gasteiger partial charge is 0.296 e. The van der Waals surface area contributed by atoms with Gasteiger partial charge in [-0.15, -0.1) is 10.2 Å². The number of carbonyl (C=O) groups excluding carboxylic acids is 1. The molecular weight excluding hydrogens is 372 g/mol. The van der Waals surface area contributed by atoms with Crippen molar-refractivity contribution in [3.63, 3.8) is 0 Å². The minimum atomic E-state index is -3.56. The highest BCUT2D eigenvalue weighted by Crippen LogP contribution is 2.42. The molecule has 1 aliphatic heterocycles. The number of aromatic nitrogens is 2. The lowest BCUT2D eigenvalue weighted by atomic mass is 10.2. The summed E-state index contributed by atoms with van der Waals surface area (Å²) >= 11 is 1.38. The molecule has 2 heterocycles. The Bertz CT molecular complexity index is 916. The molecule has 1 N–H and O–H groups in total. The average molecular weight is 393 g/mol. The van der Waals surface area contributed by atoms with Gasteiger partial charge in [0, 0.05) is 24.6 Å². The van der Waals surface area contributed by atoms with Crippen molar-refractivity contribution in [3.05, 3.63) is 34.8 Å². The van der Waals surface area contributed by atoms with E-state index in [0.717, 1.165) is 37.1 Å². The standard InChI is InChI=1S/C17H20N4O3S2/c22-15(18-17-20-19-16(25-17)12-7-8-12)13-5-4-6-14(11-13)26(23,24)21-9-2-1-3-10-21/h4-6,11-12H,1-3,7-10H2,(H,18,20,22). The first-order chi connectivity index (χ1) is 12.5. The monoisotopic (exact) mass is 392 g/mol. The second-order valence-electron chi connectivity index (χ2n) is 6.67. The number of hydrogen-bond donors (Lipinski definition) is 1. The Balaban J connectivity index is 1.51. The molecule has 1 aromatic carbocycles. The third kappa shape index (κ3) is 3.65. The molecule has 2 aromatic rings. The molecule has 0 unspecified atom stereocenters. The van der Waals surface area contributed by atoms with Crippen molar-refractivity contribution in [2.24, 2.45) is 0 Å². The number of benzene rings is 1. The van der Waals surface area contributed by atoms with Crippen molar-refractivity contribution < 1.29 is 13.2 Å². The van der Waals surface area contributed by atoms with Crippen LogP contribution in [0.1, 0.15) is 53.4 Å². The maximum absolute atomic E-state index is 12.8. The molecule has 0 spiro atoms. The molecule has 2 aliphatic rings. The molecule has 7 nitrogen and oxygen atoms in total. The SMILES string of the molecule is O=C(Nc1nnc(C2CC2)s1)c1cccc(S(=O)(=O)N2CCCCC2)c1. The molecule has 2 fully saturated rings. The Morgan fingerprint density at radius 3 is 2.65 bits per heavy atom. The van der Waals surface area contributed by atoms with E-state index >= 15 is 0 Å². The molecule has 4 rings (SSSR count). The maximum atomic E-state index is 12.8. The van der Waals surface area contributed by atoms with Crippen LogP contribution in [0.3, 0.4) is 0 Å². The van der Waals surface area contributed by atoms with Gasteiger partial charge in [-0.25, -0.2) is 8.42 Å². The van der Waals surface area contributed by atoms with Gasteiger partial charge in [-0.2, -0.15) is 4.31 Å². The number of nitrogens with one attached hydrogen (secondary N) is 1. The van der Waals surface area contributed by atoms with Crippen LogP contribution in [0.15, 0.2) is 29.2 Å². The van der Waals surface area contributed by atoms with Gasteiger partial charge < -0.3 is 0 Å². The summed E-state index contributed by atoms with van der Waals surface area (Å²) in [6.45, 7) is 1.07. The van der Waals surface area contributed by atoms with Crippen molar-refractivity contribution in [3.8, 4) is 0 Å². The summed E-state index contributed by atoms with van der Waals surface area (Å²) in [6.07, 6.45) is 5.05. The number of sulfonamides is 1. The molecule has 138 valence electrons. The highest BCUT2D eigenvalue weighted by atomic mass is 32.2. The van der Waals surface area contributed by atoms with Crippen LogP contribution in [0.5, 0.6) is 0 Å². The van der Waals surface area contributed by atoms with Crippen LogP contribution in [-0.2, 0) is 10.0 Å². The summed E-state index contributed by atoms with van der Waals surface area (Å²) in [5.41, 5.74) is 0.297. The zero-order valence-corrected chi connectivity index (χ0v) is 15.9. The first kappa shape index (κ1) is 17.6. The zero-order valence-electron chi connectivity index (χ0n) is 14.2. The van der Waals surface area contributed by atoms with Crippen molar-refractivity contribution >= 4 is 32.4 Å². The Hall–Kier alpha value is -1.84. The van der Waals surface area contributed by atoms with Gasteiger partial charge in [0.1, 0.15) is 5.01 Å². The fourth-order valence-corrected chi connectivity index (χ4v) is 5.47. The topological polar surface area (TPSA) is 92.3 Å². The van der Waals surface area contributed by atoms with Crippen LogP contribution in [0, 0.1) is 0 Å². The van der Waals surface area contributed by atoms with Crippen LogP contribution >= 0.6 is 11.3 Å². The third-order valence-electron chi connectivity index (χ3n) is 4.64. The van der Waals surface area contributed by atoms with Gasteiger partial charge in [0.2, 0.25) is 15.2 Å². The normalized spacial score (nSPS) is 18.6. The van der Waals surface area contributed by atoms with Crippen LogP contribution in [0.25, 0.3) is 0 Å². The highest BCUT2D eigenvalue weighted by Gasteiger charge is 2.28. The predicted octanol–water partition coefficient (Wildman–Crippen LogP) is 2.84. The molecule has 1 saturated heterocycles. The first-order valence-electron chi connectivity index (χ1n) is 8.79. The van der Waals surface area contributed by atoms with E-state index in [-0.39, 0.29) is 10.8 Å². The molecule has 0 bridgehead atoms. The Labute approximate surface area is 156 Å². The Kier molecular flexibility index (Phi) is 4.76. The van der Waals surface area contributed by atoms with Crippen LogP contribution in [-0.4, -0.2) is 41.9 Å². The zero-order chi connectivity index (χ0) is 18.1. The quantitative estimate of drug-likeness (QED) is 0.845. The van der Waals surface area contributed by atoms with Crippen molar-refractivity contribution in [1.29, 1.82) is 0 Å². The fourth-order valence-electron chi connectivity index (χ4n) is 3.00. The predicted molar refractivity (Wildman–Crippen MR) is 98.9 cm³/mol. The molecule has 1 amide bonds. The first-order valence-corrected chi connectivity index (χ1v) is 11.0. The Morgan fingerprint density at radius 2 is 1.92 bits per heavy atom. The van der Waals surface area contributed by atoms with Crippen molar-refractivity contribution in [2.75, 3.05) is 18.4 Å². The summed E-state index contributed by atoms with van der Waals surface area (Å²) in [6, 6.07) is 6.17. The average Bonchev–Trinajstić information content (AvgIpc) is 3.42. The number of carbonyl (C=O) groups is 1. The van der Waals surface area contributed by atoms with E-state index in [1.165, 1.54) is 27.8 Å². The third-order valence-corrected chi connectivity index (χ3v) is 7.53. The van der Waals surface area contributed by atoms with Gasteiger partial charge in [0.25, 0.3) is 5.91 Å².